The van der Waals surface area contributed by atoms with Gasteiger partial charge in [0.2, 0.25) is 10.0 Å². The zero-order valence-electron chi connectivity index (χ0n) is 12.1. The molecule has 1 saturated carbocycles. The largest absolute Gasteiger partial charge is 0.351 e. The van der Waals surface area contributed by atoms with Gasteiger partial charge in [0.25, 0.3) is 5.91 Å². The summed E-state index contributed by atoms with van der Waals surface area (Å²) in [7, 11) is -4.20. The lowest BCUT2D eigenvalue weighted by Gasteiger charge is -2.14. The molecule has 0 aliphatic heterocycles. The number of amides is 1. The highest BCUT2D eigenvalue weighted by Crippen LogP contribution is 2.47. The molecule has 1 aliphatic carbocycles. The normalized spacial score (nSPS) is 16.6. The number of nitrogens with one attached hydrogen (secondary N) is 1. The lowest BCUT2D eigenvalue weighted by molar-refractivity contribution is 0.0944. The molecule has 0 unspecified atom stereocenters. The Balaban J connectivity index is 2.24. The molecule has 0 saturated heterocycles. The van der Waals surface area contributed by atoms with E-state index in [0.29, 0.717) is 6.54 Å². The third-order valence-corrected chi connectivity index (χ3v) is 5.03. The van der Waals surface area contributed by atoms with Gasteiger partial charge in [-0.3, -0.25) is 4.79 Å². The molecule has 116 valence electrons. The van der Waals surface area contributed by atoms with Gasteiger partial charge in [-0.2, -0.15) is 0 Å². The van der Waals surface area contributed by atoms with Gasteiger partial charge in [-0.05, 0) is 49.3 Å². The van der Waals surface area contributed by atoms with Crippen LogP contribution >= 0.6 is 0 Å². The Morgan fingerprint density at radius 2 is 2.05 bits per heavy atom. The van der Waals surface area contributed by atoms with Crippen molar-refractivity contribution in [1.82, 2.24) is 5.32 Å². The number of halogens is 1. The summed E-state index contributed by atoms with van der Waals surface area (Å²) in [6.45, 7) is 4.01. The molecule has 5 nitrogen and oxygen atoms in total. The first-order chi connectivity index (χ1) is 9.68. The number of sulfonamides is 1. The van der Waals surface area contributed by atoms with Crippen molar-refractivity contribution in [2.24, 2.45) is 10.6 Å². The number of rotatable bonds is 5. The number of benzene rings is 1. The van der Waals surface area contributed by atoms with Crippen LogP contribution in [0.25, 0.3) is 0 Å². The van der Waals surface area contributed by atoms with Crippen molar-refractivity contribution in [3.63, 3.8) is 0 Å². The molecule has 0 aromatic heterocycles. The molecule has 7 heteroatoms. The van der Waals surface area contributed by atoms with Crippen LogP contribution in [0, 0.1) is 18.2 Å². The first-order valence-electron chi connectivity index (χ1n) is 6.80. The average molecular weight is 314 g/mol. The Bertz CT molecular complexity index is 682. The van der Waals surface area contributed by atoms with Crippen molar-refractivity contribution in [2.45, 2.75) is 38.0 Å². The van der Waals surface area contributed by atoms with Crippen LogP contribution in [0.15, 0.2) is 17.0 Å². The molecule has 0 spiro atoms. The number of carbonyl (C=O) groups excluding carboxylic acids is 1. The highest BCUT2D eigenvalue weighted by atomic mass is 32.2. The standard InChI is InChI=1S/C14H19FN2O3S/c1-3-14(4-5-14)8-17-13(18)10-6-9(2)12(15)11(7-10)21(16,19)20/h6-7H,3-5,8H2,1-2H3,(H,17,18)(H2,16,19,20). The van der Waals surface area contributed by atoms with Crippen molar-refractivity contribution in [3.8, 4) is 0 Å². The highest BCUT2D eigenvalue weighted by molar-refractivity contribution is 7.89. The molecule has 0 bridgehead atoms. The number of carbonyl (C=O) groups is 1. The van der Waals surface area contributed by atoms with Gasteiger partial charge < -0.3 is 5.32 Å². The van der Waals surface area contributed by atoms with Crippen molar-refractivity contribution in [3.05, 3.63) is 29.1 Å². The Kier molecular flexibility index (Phi) is 4.08. The van der Waals surface area contributed by atoms with Crippen LogP contribution < -0.4 is 10.5 Å². The third-order valence-electron chi connectivity index (χ3n) is 4.12. The molecule has 1 fully saturated rings. The smallest absolute Gasteiger partial charge is 0.251 e. The summed E-state index contributed by atoms with van der Waals surface area (Å²) in [5.41, 5.74) is 0.348. The van der Waals surface area contributed by atoms with Gasteiger partial charge in [0.15, 0.2) is 0 Å². The van der Waals surface area contributed by atoms with Crippen LogP contribution in [0.1, 0.15) is 42.1 Å². The Morgan fingerprint density at radius 3 is 2.52 bits per heavy atom. The maximum atomic E-state index is 13.8. The zero-order valence-corrected chi connectivity index (χ0v) is 12.9. The van der Waals surface area contributed by atoms with E-state index in [1.165, 1.54) is 13.0 Å². The summed E-state index contributed by atoms with van der Waals surface area (Å²) in [5.74, 6) is -1.33. The van der Waals surface area contributed by atoms with E-state index in [2.05, 4.69) is 12.2 Å². The predicted molar refractivity (Wildman–Crippen MR) is 76.8 cm³/mol. The lowest BCUT2D eigenvalue weighted by Crippen LogP contribution is -2.30. The Labute approximate surface area is 123 Å². The fraction of sp³-hybridized carbons (Fsp3) is 0.500. The van der Waals surface area contributed by atoms with E-state index in [-0.39, 0.29) is 16.5 Å². The van der Waals surface area contributed by atoms with Crippen molar-refractivity contribution in [1.29, 1.82) is 0 Å². The van der Waals surface area contributed by atoms with Crippen LogP contribution in [0.5, 0.6) is 0 Å². The molecule has 21 heavy (non-hydrogen) atoms. The minimum Gasteiger partial charge on any atom is -0.351 e. The molecular formula is C14H19FN2O3S. The Morgan fingerprint density at radius 1 is 1.43 bits per heavy atom. The second kappa shape index (κ2) is 5.38. The van der Waals surface area contributed by atoms with Gasteiger partial charge in [-0.1, -0.05) is 6.92 Å². The molecule has 0 radical (unpaired) electrons. The van der Waals surface area contributed by atoms with Gasteiger partial charge in [-0.15, -0.1) is 0 Å². The summed E-state index contributed by atoms with van der Waals surface area (Å²) < 4.78 is 36.5. The van der Waals surface area contributed by atoms with Crippen LogP contribution in [-0.2, 0) is 10.0 Å². The lowest BCUT2D eigenvalue weighted by atomic mass is 10.0. The van der Waals surface area contributed by atoms with Gasteiger partial charge in [0.1, 0.15) is 10.7 Å². The van der Waals surface area contributed by atoms with E-state index in [9.17, 15) is 17.6 Å². The number of hydrogen-bond acceptors (Lipinski definition) is 3. The van der Waals surface area contributed by atoms with Crippen molar-refractivity contribution < 1.29 is 17.6 Å². The maximum Gasteiger partial charge on any atom is 0.251 e. The second-order valence-corrected chi connectivity index (χ2v) is 7.22. The summed E-state index contributed by atoms with van der Waals surface area (Å²) in [5, 5.41) is 7.75. The van der Waals surface area contributed by atoms with E-state index >= 15 is 0 Å². The average Bonchev–Trinajstić information content (AvgIpc) is 3.18. The third kappa shape index (κ3) is 3.41. The molecule has 1 aliphatic rings. The molecule has 2 rings (SSSR count). The van der Waals surface area contributed by atoms with E-state index in [1.54, 1.807) is 0 Å². The van der Waals surface area contributed by atoms with Gasteiger partial charge in [0, 0.05) is 12.1 Å². The maximum absolute atomic E-state index is 13.8. The second-order valence-electron chi connectivity index (χ2n) is 5.69. The van der Waals surface area contributed by atoms with E-state index in [4.69, 9.17) is 5.14 Å². The van der Waals surface area contributed by atoms with Gasteiger partial charge >= 0.3 is 0 Å². The fourth-order valence-corrected chi connectivity index (χ4v) is 2.98. The minimum absolute atomic E-state index is 0.0725. The predicted octanol–water partition coefficient (Wildman–Crippen LogP) is 1.70. The van der Waals surface area contributed by atoms with Gasteiger partial charge in [0.05, 0.1) is 0 Å². The first kappa shape index (κ1) is 15.9. The highest BCUT2D eigenvalue weighted by Gasteiger charge is 2.40. The first-order valence-corrected chi connectivity index (χ1v) is 8.34. The number of nitrogens with two attached hydrogens (primary N) is 1. The van der Waals surface area contributed by atoms with Crippen LogP contribution in [0.3, 0.4) is 0 Å². The number of hydrogen-bond donors (Lipinski definition) is 2. The topological polar surface area (TPSA) is 89.3 Å². The van der Waals surface area contributed by atoms with Crippen molar-refractivity contribution >= 4 is 15.9 Å². The molecule has 0 atom stereocenters. The molecule has 1 amide bonds. The molecule has 1 aromatic carbocycles. The summed E-state index contributed by atoms with van der Waals surface area (Å²) >= 11 is 0. The van der Waals surface area contributed by atoms with Crippen LogP contribution in [-0.4, -0.2) is 20.9 Å². The fourth-order valence-electron chi connectivity index (χ4n) is 2.28. The molecule has 1 aromatic rings. The quantitative estimate of drug-likeness (QED) is 0.867. The van der Waals surface area contributed by atoms with E-state index in [1.807, 2.05) is 0 Å². The molecule has 3 N–H and O–H groups in total. The summed E-state index contributed by atoms with van der Waals surface area (Å²) in [6.07, 6.45) is 3.14. The van der Waals surface area contributed by atoms with Crippen LogP contribution in [0.4, 0.5) is 4.39 Å². The van der Waals surface area contributed by atoms with Crippen LogP contribution in [0.2, 0.25) is 0 Å². The zero-order chi connectivity index (χ0) is 15.8. The molecular weight excluding hydrogens is 295 g/mol. The SMILES string of the molecule is CCC1(CNC(=O)c2cc(C)c(F)c(S(N)(=O)=O)c2)CC1. The van der Waals surface area contributed by atoms with Crippen molar-refractivity contribution in [2.75, 3.05) is 6.54 Å². The van der Waals surface area contributed by atoms with E-state index in [0.717, 1.165) is 25.3 Å². The summed E-state index contributed by atoms with van der Waals surface area (Å²) in [4.78, 5) is 11.5. The van der Waals surface area contributed by atoms with E-state index < -0.39 is 26.6 Å². The van der Waals surface area contributed by atoms with Gasteiger partial charge in [-0.25, -0.2) is 17.9 Å². The monoisotopic (exact) mass is 314 g/mol. The summed E-state index contributed by atoms with van der Waals surface area (Å²) in [6, 6.07) is 2.31. The Hall–Kier alpha value is -1.47. The minimum atomic E-state index is -4.20. The number of primary sulfonamides is 1. The number of aryl methyl sites for hydroxylation is 1. The molecule has 0 heterocycles.